The second-order valence-corrected chi connectivity index (χ2v) is 4.99. The molecule has 0 aromatic heterocycles. The first-order valence-corrected chi connectivity index (χ1v) is 6.91. The number of aryl methyl sites for hydroxylation is 1. The number of anilines is 1. The van der Waals surface area contributed by atoms with Gasteiger partial charge in [0.25, 0.3) is 5.91 Å². The predicted octanol–water partition coefficient (Wildman–Crippen LogP) is 1.40. The van der Waals surface area contributed by atoms with Crippen LogP contribution in [0.1, 0.15) is 22.8 Å². The van der Waals surface area contributed by atoms with Crippen LogP contribution in [0.2, 0.25) is 0 Å². The molecule has 0 saturated heterocycles. The number of benzene rings is 1. The van der Waals surface area contributed by atoms with Crippen molar-refractivity contribution in [3.05, 3.63) is 29.3 Å². The van der Waals surface area contributed by atoms with Gasteiger partial charge in [0.05, 0.1) is 30.5 Å². The maximum Gasteiger partial charge on any atom is 0.256 e. The summed E-state index contributed by atoms with van der Waals surface area (Å²) in [5.74, 6) is 5.41. The summed E-state index contributed by atoms with van der Waals surface area (Å²) in [7, 11) is 3.23. The van der Waals surface area contributed by atoms with Crippen LogP contribution in [0.5, 0.6) is 0 Å². The molecule has 21 heavy (non-hydrogen) atoms. The Balaban J connectivity index is 3.06. The van der Waals surface area contributed by atoms with Crippen LogP contribution in [0.4, 0.5) is 5.69 Å². The molecule has 1 atom stereocenters. The highest BCUT2D eigenvalue weighted by molar-refractivity contribution is 6.00. The molecule has 6 heteroatoms. The minimum Gasteiger partial charge on any atom is -0.383 e. The van der Waals surface area contributed by atoms with Crippen LogP contribution < -0.4 is 11.3 Å². The molecule has 0 saturated carbocycles. The fourth-order valence-electron chi connectivity index (χ4n) is 2.16. The van der Waals surface area contributed by atoms with Crippen molar-refractivity contribution in [3.8, 4) is 0 Å². The van der Waals surface area contributed by atoms with Gasteiger partial charge < -0.3 is 19.8 Å². The largest absolute Gasteiger partial charge is 0.383 e. The Bertz CT molecular complexity index is 465. The predicted molar refractivity (Wildman–Crippen MR) is 83.2 cm³/mol. The summed E-state index contributed by atoms with van der Waals surface area (Å²) in [4.78, 5) is 14.6. The summed E-state index contributed by atoms with van der Waals surface area (Å²) >= 11 is 0. The third kappa shape index (κ3) is 4.70. The molecule has 118 valence electrons. The topological polar surface area (TPSA) is 76.8 Å². The van der Waals surface area contributed by atoms with E-state index in [2.05, 4.69) is 5.43 Å². The lowest BCUT2D eigenvalue weighted by molar-refractivity contribution is 0.0480. The second-order valence-electron chi connectivity index (χ2n) is 4.99. The molecule has 0 fully saturated rings. The smallest absolute Gasteiger partial charge is 0.256 e. The molecule has 1 aromatic rings. The highest BCUT2D eigenvalue weighted by Gasteiger charge is 2.23. The number of ether oxygens (including phenoxy) is 2. The van der Waals surface area contributed by atoms with Gasteiger partial charge in [-0.15, -0.1) is 0 Å². The second kappa shape index (κ2) is 8.61. The van der Waals surface area contributed by atoms with E-state index in [-0.39, 0.29) is 11.9 Å². The maximum atomic E-state index is 12.8. The van der Waals surface area contributed by atoms with Gasteiger partial charge in [0.2, 0.25) is 0 Å². The van der Waals surface area contributed by atoms with E-state index in [0.29, 0.717) is 31.0 Å². The molecule has 1 unspecified atom stereocenters. The zero-order valence-corrected chi connectivity index (χ0v) is 13.2. The van der Waals surface area contributed by atoms with Crippen LogP contribution in [0, 0.1) is 6.92 Å². The number of nitrogens with one attached hydrogen (secondary N) is 1. The lowest BCUT2D eigenvalue weighted by atomic mass is 10.1. The van der Waals surface area contributed by atoms with E-state index in [9.17, 15) is 4.79 Å². The fraction of sp³-hybridized carbons (Fsp3) is 0.533. The van der Waals surface area contributed by atoms with Gasteiger partial charge in [-0.25, -0.2) is 0 Å². The molecule has 0 spiro atoms. The fourth-order valence-corrected chi connectivity index (χ4v) is 2.16. The van der Waals surface area contributed by atoms with Crippen LogP contribution in [0.15, 0.2) is 18.2 Å². The summed E-state index contributed by atoms with van der Waals surface area (Å²) in [6.07, 6.45) is 0. The first-order chi connectivity index (χ1) is 10.0. The molecule has 0 radical (unpaired) electrons. The molecular weight excluding hydrogens is 270 g/mol. The van der Waals surface area contributed by atoms with E-state index < -0.39 is 0 Å². The molecule has 6 nitrogen and oxygen atoms in total. The van der Waals surface area contributed by atoms with Gasteiger partial charge in [-0.3, -0.25) is 10.6 Å². The van der Waals surface area contributed by atoms with Gasteiger partial charge in [-0.05, 0) is 26.0 Å². The highest BCUT2D eigenvalue weighted by Crippen LogP contribution is 2.19. The normalized spacial score (nSPS) is 12.0. The molecule has 0 bridgehead atoms. The van der Waals surface area contributed by atoms with E-state index in [1.165, 1.54) is 0 Å². The molecule has 3 N–H and O–H groups in total. The Morgan fingerprint density at radius 2 is 2.10 bits per heavy atom. The number of carbonyl (C=O) groups is 1. The number of carbonyl (C=O) groups excluding carboxylic acids is 1. The van der Waals surface area contributed by atoms with Crippen molar-refractivity contribution in [1.82, 2.24) is 4.90 Å². The number of nitrogen functional groups attached to an aromatic ring is 1. The van der Waals surface area contributed by atoms with Crippen molar-refractivity contribution in [2.24, 2.45) is 5.84 Å². The Labute approximate surface area is 126 Å². The van der Waals surface area contributed by atoms with Crippen LogP contribution in [-0.2, 0) is 9.47 Å². The lowest BCUT2D eigenvalue weighted by Crippen LogP contribution is -2.43. The minimum absolute atomic E-state index is 0.0520. The minimum atomic E-state index is -0.0896. The van der Waals surface area contributed by atoms with Gasteiger partial charge in [0.15, 0.2) is 0 Å². The summed E-state index contributed by atoms with van der Waals surface area (Å²) in [6, 6.07) is 5.49. The Hall–Kier alpha value is -1.63. The zero-order valence-electron chi connectivity index (χ0n) is 13.2. The highest BCUT2D eigenvalue weighted by atomic mass is 16.5. The van der Waals surface area contributed by atoms with Crippen LogP contribution in [-0.4, -0.2) is 50.8 Å². The number of hydrogen-bond donors (Lipinski definition) is 2. The molecule has 0 aliphatic carbocycles. The summed E-state index contributed by atoms with van der Waals surface area (Å²) in [6.45, 7) is 5.32. The van der Waals surface area contributed by atoms with Crippen molar-refractivity contribution in [1.29, 1.82) is 0 Å². The van der Waals surface area contributed by atoms with E-state index in [4.69, 9.17) is 15.3 Å². The third-order valence-corrected chi connectivity index (χ3v) is 3.30. The summed E-state index contributed by atoms with van der Waals surface area (Å²) < 4.78 is 10.2. The number of rotatable bonds is 8. The molecule has 0 heterocycles. The van der Waals surface area contributed by atoms with Crippen molar-refractivity contribution >= 4 is 11.6 Å². The SMILES string of the molecule is COCCN(C(=O)c1cc(C)ccc1NN)C(C)COC. The van der Waals surface area contributed by atoms with Crippen LogP contribution in [0.25, 0.3) is 0 Å². The molecular formula is C15H25N3O3. The van der Waals surface area contributed by atoms with Gasteiger partial charge in [0.1, 0.15) is 0 Å². The third-order valence-electron chi connectivity index (χ3n) is 3.30. The maximum absolute atomic E-state index is 12.8. The summed E-state index contributed by atoms with van der Waals surface area (Å²) in [5, 5.41) is 0. The standard InChI is InChI=1S/C15H25N3O3/c1-11-5-6-14(17-16)13(9-11)15(19)18(7-8-20-3)12(2)10-21-4/h5-6,9,12,17H,7-8,10,16H2,1-4H3. The first-order valence-electron chi connectivity index (χ1n) is 6.91. The lowest BCUT2D eigenvalue weighted by Gasteiger charge is -2.29. The van der Waals surface area contributed by atoms with Crippen LogP contribution >= 0.6 is 0 Å². The quantitative estimate of drug-likeness (QED) is 0.560. The summed E-state index contributed by atoms with van der Waals surface area (Å²) in [5.41, 5.74) is 4.74. The van der Waals surface area contributed by atoms with E-state index in [1.54, 1.807) is 25.2 Å². The Kier molecular flexibility index (Phi) is 7.14. The average molecular weight is 295 g/mol. The van der Waals surface area contributed by atoms with Gasteiger partial charge in [-0.2, -0.15) is 0 Å². The van der Waals surface area contributed by atoms with Gasteiger partial charge in [-0.1, -0.05) is 11.6 Å². The van der Waals surface area contributed by atoms with E-state index in [0.717, 1.165) is 5.56 Å². The van der Waals surface area contributed by atoms with E-state index >= 15 is 0 Å². The van der Waals surface area contributed by atoms with E-state index in [1.807, 2.05) is 26.0 Å². The monoisotopic (exact) mass is 295 g/mol. The molecule has 1 rings (SSSR count). The van der Waals surface area contributed by atoms with Crippen molar-refractivity contribution < 1.29 is 14.3 Å². The van der Waals surface area contributed by atoms with Crippen LogP contribution in [0.3, 0.4) is 0 Å². The Morgan fingerprint density at radius 1 is 1.38 bits per heavy atom. The number of hydrogen-bond acceptors (Lipinski definition) is 5. The number of hydrazine groups is 1. The molecule has 1 amide bonds. The van der Waals surface area contributed by atoms with Crippen molar-refractivity contribution in [2.75, 3.05) is 39.4 Å². The number of methoxy groups -OCH3 is 2. The molecule has 0 aliphatic rings. The van der Waals surface area contributed by atoms with Crippen molar-refractivity contribution in [3.63, 3.8) is 0 Å². The van der Waals surface area contributed by atoms with Crippen molar-refractivity contribution in [2.45, 2.75) is 19.9 Å². The van der Waals surface area contributed by atoms with Gasteiger partial charge >= 0.3 is 0 Å². The molecule has 1 aromatic carbocycles. The zero-order chi connectivity index (χ0) is 15.8. The van der Waals surface area contributed by atoms with Gasteiger partial charge in [0, 0.05) is 20.8 Å². The number of nitrogens with two attached hydrogens (primary N) is 1. The first kappa shape index (κ1) is 17.4. The number of amides is 1. The Morgan fingerprint density at radius 3 is 2.67 bits per heavy atom. The number of nitrogens with zero attached hydrogens (tertiary/aromatic N) is 1. The average Bonchev–Trinajstić information content (AvgIpc) is 2.47. The molecule has 0 aliphatic heterocycles.